The van der Waals surface area contributed by atoms with Gasteiger partial charge >= 0.3 is 6.03 Å². The van der Waals surface area contributed by atoms with Gasteiger partial charge in [-0.05, 0) is 18.2 Å². The fourth-order valence-corrected chi connectivity index (χ4v) is 1.40. The number of carbonyl (C=O) groups is 1. The fraction of sp³-hybridized carbons (Fsp3) is 0.200. The van der Waals surface area contributed by atoms with E-state index in [1.807, 2.05) is 0 Å². The van der Waals surface area contributed by atoms with Gasteiger partial charge in [-0.1, -0.05) is 28.4 Å². The molecule has 0 spiro atoms. The summed E-state index contributed by atoms with van der Waals surface area (Å²) >= 11 is 11.5. The second kappa shape index (κ2) is 6.93. The van der Waals surface area contributed by atoms with E-state index in [4.69, 9.17) is 34.1 Å². The maximum atomic E-state index is 11.4. The average Bonchev–Trinajstić information content (AvgIpc) is 2.33. The van der Waals surface area contributed by atoms with E-state index in [0.717, 1.165) is 0 Å². The summed E-state index contributed by atoms with van der Waals surface area (Å²) in [5.74, 6) is 0.0461. The Balaban J connectivity index is 2.42. The number of benzene rings is 1. The normalized spacial score (nSPS) is 11.1. The van der Waals surface area contributed by atoms with Gasteiger partial charge in [-0.15, -0.1) is 0 Å². The predicted octanol–water partition coefficient (Wildman–Crippen LogP) is 2.25. The highest BCUT2D eigenvalue weighted by atomic mass is 35.5. The molecule has 0 unspecified atom stereocenters. The molecule has 0 saturated heterocycles. The van der Waals surface area contributed by atoms with Crippen LogP contribution < -0.4 is 16.4 Å². The molecule has 5 N–H and O–H groups in total. The van der Waals surface area contributed by atoms with Crippen LogP contribution in [0.15, 0.2) is 23.4 Å². The SMILES string of the molecule is N/C(CCNC(=O)Nc1ccc(Cl)c(Cl)c1)=N/O. The Bertz CT molecular complexity index is 465. The number of urea groups is 1. The van der Waals surface area contributed by atoms with Gasteiger partial charge in [0.1, 0.15) is 5.84 Å². The molecule has 8 heteroatoms. The third-order valence-electron chi connectivity index (χ3n) is 1.97. The van der Waals surface area contributed by atoms with Gasteiger partial charge in [0.05, 0.1) is 10.0 Å². The molecule has 0 heterocycles. The summed E-state index contributed by atoms with van der Waals surface area (Å²) in [6.45, 7) is 0.253. The van der Waals surface area contributed by atoms with Crippen LogP contribution in [0.25, 0.3) is 0 Å². The highest BCUT2D eigenvalue weighted by molar-refractivity contribution is 6.42. The Morgan fingerprint density at radius 2 is 2.11 bits per heavy atom. The number of hydrogen-bond donors (Lipinski definition) is 4. The number of amides is 2. The minimum absolute atomic E-state index is 0.0461. The molecule has 0 aliphatic carbocycles. The number of oxime groups is 1. The first-order valence-electron chi connectivity index (χ1n) is 4.99. The van der Waals surface area contributed by atoms with Gasteiger partial charge in [0.2, 0.25) is 0 Å². The topological polar surface area (TPSA) is 99.7 Å². The summed E-state index contributed by atoms with van der Waals surface area (Å²) < 4.78 is 0. The maximum absolute atomic E-state index is 11.4. The number of nitrogens with two attached hydrogens (primary N) is 1. The van der Waals surface area contributed by atoms with E-state index in [-0.39, 0.29) is 18.8 Å². The van der Waals surface area contributed by atoms with Gasteiger partial charge < -0.3 is 21.6 Å². The fourth-order valence-electron chi connectivity index (χ4n) is 1.10. The molecule has 1 aromatic rings. The number of anilines is 1. The summed E-state index contributed by atoms with van der Waals surface area (Å²) in [6, 6.07) is 4.32. The largest absolute Gasteiger partial charge is 0.409 e. The van der Waals surface area contributed by atoms with Crippen molar-refractivity contribution in [2.75, 3.05) is 11.9 Å². The number of amidine groups is 1. The van der Waals surface area contributed by atoms with E-state index >= 15 is 0 Å². The molecule has 1 aromatic carbocycles. The van der Waals surface area contributed by atoms with Crippen molar-refractivity contribution < 1.29 is 10.0 Å². The van der Waals surface area contributed by atoms with Crippen molar-refractivity contribution >= 4 is 40.8 Å². The van der Waals surface area contributed by atoms with Gasteiger partial charge in [0, 0.05) is 18.7 Å². The van der Waals surface area contributed by atoms with Crippen molar-refractivity contribution in [3.05, 3.63) is 28.2 Å². The Labute approximate surface area is 114 Å². The molecule has 1 rings (SSSR count). The average molecular weight is 291 g/mol. The Hall–Kier alpha value is -1.66. The van der Waals surface area contributed by atoms with Crippen LogP contribution in [-0.4, -0.2) is 23.6 Å². The monoisotopic (exact) mass is 290 g/mol. The molecule has 0 saturated carbocycles. The first-order chi connectivity index (χ1) is 8.52. The van der Waals surface area contributed by atoms with Gasteiger partial charge in [-0.25, -0.2) is 4.79 Å². The van der Waals surface area contributed by atoms with Gasteiger partial charge in [0.25, 0.3) is 0 Å². The lowest BCUT2D eigenvalue weighted by atomic mass is 10.3. The van der Waals surface area contributed by atoms with Gasteiger partial charge in [0.15, 0.2) is 0 Å². The van der Waals surface area contributed by atoms with Crippen LogP contribution in [0, 0.1) is 0 Å². The maximum Gasteiger partial charge on any atom is 0.319 e. The van der Waals surface area contributed by atoms with E-state index in [9.17, 15) is 4.79 Å². The van der Waals surface area contributed by atoms with Crippen LogP contribution in [0.4, 0.5) is 10.5 Å². The highest BCUT2D eigenvalue weighted by Crippen LogP contribution is 2.24. The molecular formula is C10H12Cl2N4O2. The van der Waals surface area contributed by atoms with Crippen LogP contribution in [0.5, 0.6) is 0 Å². The quantitative estimate of drug-likeness (QED) is 0.296. The molecule has 0 aliphatic rings. The van der Waals surface area contributed by atoms with Crippen LogP contribution >= 0.6 is 23.2 Å². The number of halogens is 2. The predicted molar refractivity (Wildman–Crippen MR) is 71.5 cm³/mol. The zero-order chi connectivity index (χ0) is 13.5. The van der Waals surface area contributed by atoms with E-state index in [2.05, 4.69) is 15.8 Å². The second-order valence-corrected chi connectivity index (χ2v) is 4.17. The van der Waals surface area contributed by atoms with Crippen molar-refractivity contribution in [2.24, 2.45) is 10.9 Å². The molecule has 0 radical (unpaired) electrons. The smallest absolute Gasteiger partial charge is 0.319 e. The zero-order valence-corrected chi connectivity index (χ0v) is 10.8. The number of rotatable bonds is 4. The first-order valence-corrected chi connectivity index (χ1v) is 5.75. The van der Waals surface area contributed by atoms with E-state index in [1.54, 1.807) is 12.1 Å². The minimum atomic E-state index is -0.417. The number of hydrogen-bond acceptors (Lipinski definition) is 3. The molecule has 6 nitrogen and oxygen atoms in total. The second-order valence-electron chi connectivity index (χ2n) is 3.35. The van der Waals surface area contributed by atoms with E-state index in [1.165, 1.54) is 6.07 Å². The van der Waals surface area contributed by atoms with Crippen LogP contribution in [-0.2, 0) is 0 Å². The van der Waals surface area contributed by atoms with Crippen LogP contribution in [0.2, 0.25) is 10.0 Å². The van der Waals surface area contributed by atoms with Crippen molar-refractivity contribution in [3.8, 4) is 0 Å². The first kappa shape index (κ1) is 14.4. The Morgan fingerprint density at radius 3 is 2.72 bits per heavy atom. The standard InChI is InChI=1S/C10H12Cl2N4O2/c11-7-2-1-6(5-8(7)12)15-10(17)14-4-3-9(13)16-18/h1-2,5,18H,3-4H2,(H2,13,16)(H2,14,15,17). The summed E-state index contributed by atoms with van der Waals surface area (Å²) in [4.78, 5) is 11.4. The highest BCUT2D eigenvalue weighted by Gasteiger charge is 2.04. The van der Waals surface area contributed by atoms with Crippen molar-refractivity contribution in [3.63, 3.8) is 0 Å². The van der Waals surface area contributed by atoms with Gasteiger partial charge in [-0.2, -0.15) is 0 Å². The minimum Gasteiger partial charge on any atom is -0.409 e. The summed E-state index contributed by atoms with van der Waals surface area (Å²) in [6.07, 6.45) is 0.255. The van der Waals surface area contributed by atoms with Gasteiger partial charge in [-0.3, -0.25) is 0 Å². The number of carbonyl (C=O) groups excluding carboxylic acids is 1. The molecular weight excluding hydrogens is 279 g/mol. The van der Waals surface area contributed by atoms with Crippen molar-refractivity contribution in [1.82, 2.24) is 5.32 Å². The molecule has 2 amide bonds. The molecule has 98 valence electrons. The molecule has 18 heavy (non-hydrogen) atoms. The lowest BCUT2D eigenvalue weighted by molar-refractivity contribution is 0.252. The van der Waals surface area contributed by atoms with Crippen LogP contribution in [0.3, 0.4) is 0 Å². The van der Waals surface area contributed by atoms with E-state index < -0.39 is 6.03 Å². The lowest BCUT2D eigenvalue weighted by Crippen LogP contribution is -2.31. The number of nitrogens with one attached hydrogen (secondary N) is 2. The van der Waals surface area contributed by atoms with Crippen LogP contribution in [0.1, 0.15) is 6.42 Å². The lowest BCUT2D eigenvalue weighted by Gasteiger charge is -2.07. The Morgan fingerprint density at radius 1 is 1.39 bits per heavy atom. The summed E-state index contributed by atoms with van der Waals surface area (Å²) in [7, 11) is 0. The molecule has 0 bridgehead atoms. The van der Waals surface area contributed by atoms with Crippen molar-refractivity contribution in [2.45, 2.75) is 6.42 Å². The molecule has 0 aliphatic heterocycles. The van der Waals surface area contributed by atoms with E-state index in [0.29, 0.717) is 15.7 Å². The molecule has 0 atom stereocenters. The third kappa shape index (κ3) is 4.68. The molecule has 0 fully saturated rings. The number of nitrogens with zero attached hydrogens (tertiary/aromatic N) is 1. The Kier molecular flexibility index (Phi) is 5.54. The molecule has 0 aromatic heterocycles. The summed E-state index contributed by atoms with van der Waals surface area (Å²) in [5.41, 5.74) is 5.76. The third-order valence-corrected chi connectivity index (χ3v) is 2.71. The summed E-state index contributed by atoms with van der Waals surface area (Å²) in [5, 5.41) is 16.9. The zero-order valence-electron chi connectivity index (χ0n) is 9.28. The van der Waals surface area contributed by atoms with Crippen molar-refractivity contribution in [1.29, 1.82) is 0 Å².